The van der Waals surface area contributed by atoms with E-state index >= 15 is 0 Å². The molecule has 0 radical (unpaired) electrons. The van der Waals surface area contributed by atoms with Crippen molar-refractivity contribution in [2.24, 2.45) is 0 Å². The van der Waals surface area contributed by atoms with Gasteiger partial charge in [-0.1, -0.05) is 13.3 Å². The maximum atomic E-state index is 13.0. The molecule has 1 aromatic carbocycles. The van der Waals surface area contributed by atoms with Gasteiger partial charge in [-0.15, -0.1) is 0 Å². The second-order valence-electron chi connectivity index (χ2n) is 3.98. The first-order chi connectivity index (χ1) is 8.36. The molecular weight excluding hydrogens is 259 g/mol. The zero-order valence-electron chi connectivity index (χ0n) is 10.1. The van der Waals surface area contributed by atoms with Crippen LogP contribution in [0.25, 0.3) is 0 Å². The van der Waals surface area contributed by atoms with E-state index in [1.807, 2.05) is 6.92 Å². The van der Waals surface area contributed by atoms with Crippen LogP contribution in [0.2, 0.25) is 0 Å². The van der Waals surface area contributed by atoms with E-state index in [9.17, 15) is 17.9 Å². The number of sulfonamides is 1. The number of nitrogens with one attached hydrogen (secondary N) is 1. The summed E-state index contributed by atoms with van der Waals surface area (Å²) in [5.74, 6) is -0.682. The predicted octanol–water partition coefficient (Wildman–Crippen LogP) is 0.847. The summed E-state index contributed by atoms with van der Waals surface area (Å²) < 4.78 is 38.9. The zero-order chi connectivity index (χ0) is 13.8. The third-order valence-corrected chi connectivity index (χ3v) is 3.88. The lowest BCUT2D eigenvalue weighted by atomic mass is 10.2. The van der Waals surface area contributed by atoms with Gasteiger partial charge in [0, 0.05) is 6.54 Å². The van der Waals surface area contributed by atoms with Gasteiger partial charge in [0.05, 0.1) is 11.8 Å². The van der Waals surface area contributed by atoms with Crippen LogP contribution in [0.4, 0.5) is 10.1 Å². The number of aliphatic hydroxyl groups is 1. The van der Waals surface area contributed by atoms with Gasteiger partial charge in [-0.05, 0) is 24.6 Å². The number of halogens is 1. The predicted molar refractivity (Wildman–Crippen MR) is 66.9 cm³/mol. The summed E-state index contributed by atoms with van der Waals surface area (Å²) in [6.45, 7) is 1.76. The normalized spacial score (nSPS) is 13.5. The van der Waals surface area contributed by atoms with Crippen LogP contribution in [0, 0.1) is 5.82 Å². The van der Waals surface area contributed by atoms with Crippen molar-refractivity contribution in [3.63, 3.8) is 0 Å². The number of aliphatic hydroxyl groups excluding tert-OH is 1. The summed E-state index contributed by atoms with van der Waals surface area (Å²) >= 11 is 0. The molecular formula is C11H17FN2O3S. The molecule has 0 saturated carbocycles. The molecule has 0 saturated heterocycles. The average Bonchev–Trinajstić information content (AvgIpc) is 2.30. The summed E-state index contributed by atoms with van der Waals surface area (Å²) in [5.41, 5.74) is 5.46. The van der Waals surface area contributed by atoms with E-state index in [1.54, 1.807) is 0 Å². The van der Waals surface area contributed by atoms with Crippen molar-refractivity contribution < 1.29 is 17.9 Å². The molecule has 0 bridgehead atoms. The van der Waals surface area contributed by atoms with Crippen LogP contribution in [0.15, 0.2) is 23.1 Å². The molecule has 7 heteroatoms. The Morgan fingerprint density at radius 2 is 2.17 bits per heavy atom. The fourth-order valence-corrected chi connectivity index (χ4v) is 2.67. The molecule has 0 aromatic heterocycles. The van der Waals surface area contributed by atoms with Gasteiger partial charge in [0.15, 0.2) is 0 Å². The Labute approximate surface area is 106 Å². The first kappa shape index (κ1) is 14.9. The van der Waals surface area contributed by atoms with Crippen LogP contribution in [-0.4, -0.2) is 26.2 Å². The van der Waals surface area contributed by atoms with Crippen molar-refractivity contribution >= 4 is 15.7 Å². The molecule has 0 fully saturated rings. The second-order valence-corrected chi connectivity index (χ2v) is 5.71. The van der Waals surface area contributed by atoms with Gasteiger partial charge in [-0.2, -0.15) is 0 Å². The second kappa shape index (κ2) is 6.12. The van der Waals surface area contributed by atoms with Crippen LogP contribution < -0.4 is 10.5 Å². The molecule has 4 N–H and O–H groups in total. The first-order valence-corrected chi connectivity index (χ1v) is 7.08. The topological polar surface area (TPSA) is 92.4 Å². The molecule has 1 rings (SSSR count). The number of anilines is 1. The van der Waals surface area contributed by atoms with E-state index in [2.05, 4.69) is 4.72 Å². The van der Waals surface area contributed by atoms with E-state index in [-0.39, 0.29) is 17.1 Å². The smallest absolute Gasteiger partial charge is 0.242 e. The van der Waals surface area contributed by atoms with Crippen molar-refractivity contribution in [2.45, 2.75) is 30.8 Å². The SMILES string of the molecule is CCCC(O)CNS(=O)(=O)c1cc(F)ccc1N. The van der Waals surface area contributed by atoms with E-state index in [1.165, 1.54) is 6.07 Å². The highest BCUT2D eigenvalue weighted by molar-refractivity contribution is 7.89. The third-order valence-electron chi connectivity index (χ3n) is 2.40. The van der Waals surface area contributed by atoms with Crippen molar-refractivity contribution in [1.82, 2.24) is 4.72 Å². The molecule has 0 aliphatic carbocycles. The number of benzene rings is 1. The van der Waals surface area contributed by atoms with Gasteiger partial charge < -0.3 is 10.8 Å². The number of hydrogen-bond donors (Lipinski definition) is 3. The Morgan fingerprint density at radius 1 is 1.50 bits per heavy atom. The Balaban J connectivity index is 2.83. The molecule has 0 spiro atoms. The molecule has 1 atom stereocenters. The van der Waals surface area contributed by atoms with Gasteiger partial charge in [-0.25, -0.2) is 17.5 Å². The number of nitrogen functional groups attached to an aromatic ring is 1. The van der Waals surface area contributed by atoms with Gasteiger partial charge in [0.2, 0.25) is 10.0 Å². The van der Waals surface area contributed by atoms with E-state index in [0.29, 0.717) is 6.42 Å². The summed E-state index contributed by atoms with van der Waals surface area (Å²) in [6, 6.07) is 3.12. The monoisotopic (exact) mass is 276 g/mol. The highest BCUT2D eigenvalue weighted by atomic mass is 32.2. The molecule has 0 amide bonds. The minimum absolute atomic E-state index is 0.0334. The molecule has 102 valence electrons. The number of nitrogens with two attached hydrogens (primary N) is 1. The van der Waals surface area contributed by atoms with Crippen molar-refractivity contribution in [3.8, 4) is 0 Å². The van der Waals surface area contributed by atoms with Gasteiger partial charge >= 0.3 is 0 Å². The lowest BCUT2D eigenvalue weighted by Gasteiger charge is -2.12. The van der Waals surface area contributed by atoms with E-state index < -0.39 is 21.9 Å². The minimum atomic E-state index is -3.90. The van der Waals surface area contributed by atoms with Crippen LogP contribution in [0.1, 0.15) is 19.8 Å². The molecule has 0 aliphatic heterocycles. The Hall–Kier alpha value is -1.18. The summed E-state index contributed by atoms with van der Waals surface area (Å²) in [5, 5.41) is 9.45. The minimum Gasteiger partial charge on any atom is -0.398 e. The highest BCUT2D eigenvalue weighted by Crippen LogP contribution is 2.18. The molecule has 1 unspecified atom stereocenters. The zero-order valence-corrected chi connectivity index (χ0v) is 10.9. The van der Waals surface area contributed by atoms with E-state index in [0.717, 1.165) is 18.6 Å². The van der Waals surface area contributed by atoms with Gasteiger partial charge in [-0.3, -0.25) is 0 Å². The third kappa shape index (κ3) is 3.94. The summed E-state index contributed by atoms with van der Waals surface area (Å²) in [7, 11) is -3.90. The maximum absolute atomic E-state index is 13.0. The molecule has 0 aliphatic rings. The van der Waals surface area contributed by atoms with Crippen LogP contribution in [-0.2, 0) is 10.0 Å². The lowest BCUT2D eigenvalue weighted by molar-refractivity contribution is 0.167. The fourth-order valence-electron chi connectivity index (χ4n) is 1.46. The molecule has 0 heterocycles. The summed E-state index contributed by atoms with van der Waals surface area (Å²) in [4.78, 5) is -0.314. The van der Waals surface area contributed by atoms with Crippen molar-refractivity contribution in [3.05, 3.63) is 24.0 Å². The Bertz CT molecular complexity index is 505. The average molecular weight is 276 g/mol. The summed E-state index contributed by atoms with van der Waals surface area (Å²) in [6.07, 6.45) is 0.464. The highest BCUT2D eigenvalue weighted by Gasteiger charge is 2.19. The van der Waals surface area contributed by atoms with Crippen LogP contribution in [0.5, 0.6) is 0 Å². The van der Waals surface area contributed by atoms with Crippen molar-refractivity contribution in [2.75, 3.05) is 12.3 Å². The lowest BCUT2D eigenvalue weighted by Crippen LogP contribution is -2.32. The Morgan fingerprint density at radius 3 is 2.78 bits per heavy atom. The first-order valence-electron chi connectivity index (χ1n) is 5.59. The standard InChI is InChI=1S/C11H17FN2O3S/c1-2-3-9(15)7-14-18(16,17)11-6-8(12)4-5-10(11)13/h4-6,9,14-15H,2-3,7,13H2,1H3. The fraction of sp³-hybridized carbons (Fsp3) is 0.455. The largest absolute Gasteiger partial charge is 0.398 e. The van der Waals surface area contributed by atoms with Gasteiger partial charge in [0.25, 0.3) is 0 Å². The quantitative estimate of drug-likeness (QED) is 0.671. The Kier molecular flexibility index (Phi) is 5.06. The number of rotatable bonds is 6. The van der Waals surface area contributed by atoms with E-state index in [4.69, 9.17) is 5.73 Å². The maximum Gasteiger partial charge on any atom is 0.242 e. The molecule has 1 aromatic rings. The van der Waals surface area contributed by atoms with Crippen LogP contribution in [0.3, 0.4) is 0 Å². The molecule has 18 heavy (non-hydrogen) atoms. The molecule has 5 nitrogen and oxygen atoms in total. The van der Waals surface area contributed by atoms with Crippen molar-refractivity contribution in [1.29, 1.82) is 0 Å². The van der Waals surface area contributed by atoms with Gasteiger partial charge in [0.1, 0.15) is 10.7 Å². The van der Waals surface area contributed by atoms with Crippen LogP contribution >= 0.6 is 0 Å². The number of hydrogen-bond acceptors (Lipinski definition) is 4.